The van der Waals surface area contributed by atoms with Crippen molar-refractivity contribution in [1.29, 1.82) is 0 Å². The van der Waals surface area contributed by atoms with E-state index in [4.69, 9.17) is 32.0 Å². The second-order valence-electron chi connectivity index (χ2n) is 8.23. The molecule has 1 saturated carbocycles. The van der Waals surface area contributed by atoms with E-state index in [0.29, 0.717) is 66.1 Å². The number of rotatable bonds is 4. The molecule has 31 heavy (non-hydrogen) atoms. The Kier molecular flexibility index (Phi) is 4.65. The Morgan fingerprint density at radius 3 is 2.68 bits per heavy atom. The fourth-order valence-corrected chi connectivity index (χ4v) is 5.68. The van der Waals surface area contributed by atoms with E-state index < -0.39 is 14.6 Å². The Balaban J connectivity index is 1.74. The molecule has 2 aliphatic rings. The fraction of sp³-hybridized carbons (Fsp3) is 0.450. The minimum absolute atomic E-state index is 0.0911. The number of nitrogens with two attached hydrogens (primary N) is 1. The number of benzene rings is 1. The molecule has 1 saturated heterocycles. The largest absolute Gasteiger partial charge is 0.377 e. The van der Waals surface area contributed by atoms with E-state index in [1.165, 1.54) is 6.26 Å². The molecular formula is C20H23ClN6O3S. The van der Waals surface area contributed by atoms with Gasteiger partial charge >= 0.3 is 0 Å². The SMILES string of the molecule is C[C@@H]1COCCN1c1cc(C2(S(C)(=O)=O)CC2)nc(-n2c(N)nc3cc(Cl)ccc32)n1. The molecule has 1 atom stereocenters. The minimum atomic E-state index is -3.36. The van der Waals surface area contributed by atoms with Gasteiger partial charge in [0, 0.05) is 23.9 Å². The molecule has 0 amide bonds. The number of halogens is 1. The van der Waals surface area contributed by atoms with Crippen molar-refractivity contribution in [3.05, 3.63) is 35.0 Å². The summed E-state index contributed by atoms with van der Waals surface area (Å²) < 4.78 is 31.5. The van der Waals surface area contributed by atoms with E-state index in [-0.39, 0.29) is 12.0 Å². The summed E-state index contributed by atoms with van der Waals surface area (Å²) in [6.45, 7) is 3.84. The number of fused-ring (bicyclic) bond motifs is 1. The number of nitrogen functional groups attached to an aromatic ring is 1. The predicted octanol–water partition coefficient (Wildman–Crippen LogP) is 2.31. The first-order chi connectivity index (χ1) is 14.7. The molecule has 0 bridgehead atoms. The van der Waals surface area contributed by atoms with Gasteiger partial charge in [0.25, 0.3) is 0 Å². The molecule has 0 radical (unpaired) electrons. The van der Waals surface area contributed by atoms with E-state index in [2.05, 4.69) is 9.88 Å². The molecule has 1 aliphatic carbocycles. The Morgan fingerprint density at radius 1 is 1.23 bits per heavy atom. The van der Waals surface area contributed by atoms with Crippen LogP contribution in [0.3, 0.4) is 0 Å². The number of nitrogens with zero attached hydrogens (tertiary/aromatic N) is 5. The van der Waals surface area contributed by atoms with Crippen molar-refractivity contribution in [1.82, 2.24) is 19.5 Å². The van der Waals surface area contributed by atoms with Gasteiger partial charge in [0.05, 0.1) is 36.0 Å². The molecule has 9 nitrogen and oxygen atoms in total. The number of morpholine rings is 1. The third-order valence-electron chi connectivity index (χ3n) is 6.09. The zero-order valence-electron chi connectivity index (χ0n) is 17.2. The lowest BCUT2D eigenvalue weighted by atomic mass is 10.2. The maximum absolute atomic E-state index is 12.6. The summed E-state index contributed by atoms with van der Waals surface area (Å²) in [5.41, 5.74) is 8.03. The van der Waals surface area contributed by atoms with Gasteiger partial charge < -0.3 is 15.4 Å². The van der Waals surface area contributed by atoms with E-state index in [1.54, 1.807) is 28.8 Å². The van der Waals surface area contributed by atoms with Crippen molar-refractivity contribution in [2.24, 2.45) is 0 Å². The first-order valence-electron chi connectivity index (χ1n) is 10.1. The van der Waals surface area contributed by atoms with E-state index in [0.717, 1.165) is 0 Å². The highest BCUT2D eigenvalue weighted by Gasteiger charge is 2.55. The Bertz CT molecular complexity index is 1290. The van der Waals surface area contributed by atoms with Gasteiger partial charge in [-0.1, -0.05) is 11.6 Å². The third-order valence-corrected chi connectivity index (χ3v) is 8.36. The molecule has 11 heteroatoms. The Morgan fingerprint density at radius 2 is 2.00 bits per heavy atom. The quantitative estimate of drug-likeness (QED) is 0.627. The second kappa shape index (κ2) is 7.04. The van der Waals surface area contributed by atoms with Crippen LogP contribution in [0.4, 0.5) is 11.8 Å². The molecule has 1 aliphatic heterocycles. The maximum atomic E-state index is 12.6. The van der Waals surface area contributed by atoms with Crippen LogP contribution in [0.5, 0.6) is 0 Å². The zero-order chi connectivity index (χ0) is 22.0. The van der Waals surface area contributed by atoms with E-state index >= 15 is 0 Å². The molecule has 2 fully saturated rings. The van der Waals surface area contributed by atoms with Crippen molar-refractivity contribution in [3.63, 3.8) is 0 Å². The number of aromatic nitrogens is 4. The van der Waals surface area contributed by atoms with Crippen LogP contribution >= 0.6 is 11.6 Å². The first kappa shape index (κ1) is 20.5. The lowest BCUT2D eigenvalue weighted by Crippen LogP contribution is -2.44. The number of imidazole rings is 1. The molecule has 0 spiro atoms. The summed E-state index contributed by atoms with van der Waals surface area (Å²) in [5.74, 6) is 1.16. The molecular weight excluding hydrogens is 440 g/mol. The summed E-state index contributed by atoms with van der Waals surface area (Å²) in [7, 11) is -3.36. The number of hydrogen-bond donors (Lipinski definition) is 1. The summed E-state index contributed by atoms with van der Waals surface area (Å²) in [6.07, 6.45) is 2.34. The maximum Gasteiger partial charge on any atom is 0.239 e. The minimum Gasteiger partial charge on any atom is -0.377 e. The molecule has 164 valence electrons. The van der Waals surface area contributed by atoms with Crippen LogP contribution < -0.4 is 10.6 Å². The molecule has 3 heterocycles. The van der Waals surface area contributed by atoms with Crippen molar-refractivity contribution in [3.8, 4) is 5.95 Å². The van der Waals surface area contributed by atoms with Crippen molar-refractivity contribution < 1.29 is 13.2 Å². The average molecular weight is 463 g/mol. The predicted molar refractivity (Wildman–Crippen MR) is 119 cm³/mol. The normalized spacial score (nSPS) is 20.9. The summed E-state index contributed by atoms with van der Waals surface area (Å²) in [5, 5.41) is 0.545. The van der Waals surface area contributed by atoms with Crippen LogP contribution in [-0.4, -0.2) is 60.0 Å². The summed E-state index contributed by atoms with van der Waals surface area (Å²) in [4.78, 5) is 16.0. The average Bonchev–Trinajstić information content (AvgIpc) is 3.46. The lowest BCUT2D eigenvalue weighted by Gasteiger charge is -2.34. The Labute approximate surface area is 185 Å². The molecule has 0 unspecified atom stereocenters. The highest BCUT2D eigenvalue weighted by atomic mass is 35.5. The van der Waals surface area contributed by atoms with Crippen LogP contribution in [0.2, 0.25) is 5.02 Å². The number of anilines is 2. The molecule has 2 aromatic heterocycles. The molecule has 5 rings (SSSR count). The number of hydrogen-bond acceptors (Lipinski definition) is 8. The van der Waals surface area contributed by atoms with Gasteiger partial charge in [0.2, 0.25) is 11.9 Å². The number of sulfone groups is 1. The zero-order valence-corrected chi connectivity index (χ0v) is 18.8. The van der Waals surface area contributed by atoms with Crippen LogP contribution in [-0.2, 0) is 19.3 Å². The van der Waals surface area contributed by atoms with Crippen molar-refractivity contribution in [2.75, 3.05) is 36.6 Å². The van der Waals surface area contributed by atoms with Crippen LogP contribution in [0, 0.1) is 0 Å². The van der Waals surface area contributed by atoms with E-state index in [9.17, 15) is 8.42 Å². The standard InChI is InChI=1S/C20H23ClN6O3S/c1-12-11-30-8-7-26(12)17-10-16(20(5-6-20)31(2,28)29)24-19(25-17)27-15-4-3-13(21)9-14(15)23-18(27)22/h3-4,9-10,12H,5-8,11H2,1-2H3,(H2,22,23)/t12-/m1/s1. The lowest BCUT2D eigenvalue weighted by molar-refractivity contribution is 0.0985. The highest BCUT2D eigenvalue weighted by molar-refractivity contribution is 7.91. The monoisotopic (exact) mass is 462 g/mol. The van der Waals surface area contributed by atoms with Crippen LogP contribution in [0.1, 0.15) is 25.5 Å². The van der Waals surface area contributed by atoms with Crippen LogP contribution in [0.25, 0.3) is 17.0 Å². The van der Waals surface area contributed by atoms with Crippen molar-refractivity contribution >= 4 is 44.2 Å². The van der Waals surface area contributed by atoms with Gasteiger partial charge in [0.1, 0.15) is 10.6 Å². The third kappa shape index (κ3) is 3.33. The van der Waals surface area contributed by atoms with Gasteiger partial charge in [-0.15, -0.1) is 0 Å². The van der Waals surface area contributed by atoms with Gasteiger partial charge in [-0.25, -0.2) is 23.0 Å². The molecule has 1 aromatic carbocycles. The Hall–Kier alpha value is -2.43. The molecule has 3 aromatic rings. The van der Waals surface area contributed by atoms with E-state index in [1.807, 2.05) is 6.92 Å². The first-order valence-corrected chi connectivity index (χ1v) is 12.3. The second-order valence-corrected chi connectivity index (χ2v) is 11.0. The van der Waals surface area contributed by atoms with Gasteiger partial charge in [-0.05, 0) is 38.0 Å². The van der Waals surface area contributed by atoms with Gasteiger partial charge in [-0.3, -0.25) is 0 Å². The van der Waals surface area contributed by atoms with Crippen molar-refractivity contribution in [2.45, 2.75) is 30.6 Å². The van der Waals surface area contributed by atoms with Gasteiger partial charge in [0.15, 0.2) is 9.84 Å². The van der Waals surface area contributed by atoms with Gasteiger partial charge in [-0.2, -0.15) is 4.98 Å². The highest BCUT2D eigenvalue weighted by Crippen LogP contribution is 2.52. The topological polar surface area (TPSA) is 116 Å². The van der Waals surface area contributed by atoms with Crippen LogP contribution in [0.15, 0.2) is 24.3 Å². The smallest absolute Gasteiger partial charge is 0.239 e. The fourth-order valence-electron chi connectivity index (χ4n) is 4.18. The molecule has 2 N–H and O–H groups in total. The summed E-state index contributed by atoms with van der Waals surface area (Å²) >= 11 is 6.11. The summed E-state index contributed by atoms with van der Waals surface area (Å²) in [6, 6.07) is 7.16. The number of ether oxygens (including phenoxy) is 1.